The van der Waals surface area contributed by atoms with E-state index in [1.807, 2.05) is 0 Å². The summed E-state index contributed by atoms with van der Waals surface area (Å²) in [5.41, 5.74) is 9.46. The van der Waals surface area contributed by atoms with Gasteiger partial charge < -0.3 is 37.3 Å². The molecule has 0 aromatic heterocycles. The Morgan fingerprint density at radius 2 is 2.08 bits per heavy atom. The van der Waals surface area contributed by atoms with E-state index in [4.69, 9.17) is 16.0 Å². The molecule has 15 heteroatoms. The number of rotatable bonds is 3. The molecule has 2 fully saturated rings. The van der Waals surface area contributed by atoms with Crippen LogP contribution in [0.2, 0.25) is 0 Å². The first kappa shape index (κ1) is 17.7. The third kappa shape index (κ3) is 2.15. The van der Waals surface area contributed by atoms with Crippen molar-refractivity contribution in [1.82, 2.24) is 15.3 Å². The van der Waals surface area contributed by atoms with Crippen LogP contribution in [0.1, 0.15) is 0 Å². The minimum Gasteiger partial charge on any atom is -0.395 e. The number of nitrogens with one attached hydrogen (secondary N) is 1. The molecule has 3 aliphatic heterocycles. The van der Waals surface area contributed by atoms with E-state index in [1.54, 1.807) is 0 Å². The molecule has 1 unspecified atom stereocenters. The highest BCUT2D eigenvalue weighted by molar-refractivity contribution is 7.80. The van der Waals surface area contributed by atoms with Crippen LogP contribution in [-0.4, -0.2) is 98.5 Å². The Morgan fingerprint density at radius 3 is 2.62 bits per heavy atom. The summed E-state index contributed by atoms with van der Waals surface area (Å²) in [6.45, 7) is -1.18. The minimum atomic E-state index is -5.03. The van der Waals surface area contributed by atoms with Gasteiger partial charge in [0.25, 0.3) is 0 Å². The maximum atomic E-state index is 11.0. The lowest BCUT2D eigenvalue weighted by Crippen LogP contribution is -2.83. The Bertz CT molecular complexity index is 671. The van der Waals surface area contributed by atoms with E-state index >= 15 is 0 Å². The molecule has 0 aliphatic carbocycles. The maximum Gasteiger partial charge on any atom is 0.397 e. The van der Waals surface area contributed by atoms with E-state index in [0.717, 1.165) is 4.90 Å². The van der Waals surface area contributed by atoms with Crippen molar-refractivity contribution in [2.45, 2.75) is 35.9 Å². The summed E-state index contributed by atoms with van der Waals surface area (Å²) in [5.74, 6) is -3.20. The highest BCUT2D eigenvalue weighted by atomic mass is 32.3. The van der Waals surface area contributed by atoms with Gasteiger partial charge in [-0.25, -0.2) is 14.1 Å². The summed E-state index contributed by atoms with van der Waals surface area (Å²) < 4.78 is 35.2. The maximum absolute atomic E-state index is 11.0. The number of aliphatic imine (C=N–C) groups is 1. The van der Waals surface area contributed by atoms with E-state index in [1.165, 1.54) is 0 Å². The molecule has 3 aliphatic rings. The van der Waals surface area contributed by atoms with Crippen molar-refractivity contribution in [3.05, 3.63) is 0 Å². The second kappa shape index (κ2) is 5.18. The molecule has 0 saturated carbocycles. The largest absolute Gasteiger partial charge is 0.397 e. The third-order valence-electron chi connectivity index (χ3n) is 4.57. The van der Waals surface area contributed by atoms with Crippen LogP contribution in [0.3, 0.4) is 0 Å². The van der Waals surface area contributed by atoms with Gasteiger partial charge in [-0.2, -0.15) is 13.5 Å². The van der Waals surface area contributed by atoms with Gasteiger partial charge in [-0.05, 0) is 0 Å². The van der Waals surface area contributed by atoms with E-state index in [9.17, 15) is 28.9 Å². The van der Waals surface area contributed by atoms with Gasteiger partial charge in [0.2, 0.25) is 5.79 Å². The van der Waals surface area contributed by atoms with Gasteiger partial charge in [-0.1, -0.05) is 0 Å². The zero-order chi connectivity index (χ0) is 18.1. The standard InChI is InChI=1S/C9H18N6O8S/c10-6-12-5-3(2-16)15(19)7(11)14-1-4(23-24(20,21)22)9(17,18)8(5,14)13-6/h3-5,7,16-19H,1-2,11H2,(H3,10,12,13)(H,20,21,22)/t3-,4-,5-,7?,8-/m0/s1. The zero-order valence-corrected chi connectivity index (χ0v) is 12.9. The van der Waals surface area contributed by atoms with Crippen LogP contribution in [0.4, 0.5) is 0 Å². The quantitative estimate of drug-likeness (QED) is 0.171. The Morgan fingerprint density at radius 1 is 1.46 bits per heavy atom. The smallest absolute Gasteiger partial charge is 0.395 e. The van der Waals surface area contributed by atoms with Crippen molar-refractivity contribution in [2.24, 2.45) is 16.5 Å². The SMILES string of the molecule is NC1=N[C@H]2[C@H](CO)N(O)C(N)N3C[C@H](OS(=O)(=O)O)C(O)(O)[C@]23N1. The van der Waals surface area contributed by atoms with Crippen LogP contribution in [0.5, 0.6) is 0 Å². The van der Waals surface area contributed by atoms with Crippen molar-refractivity contribution in [3.8, 4) is 0 Å². The van der Waals surface area contributed by atoms with Crippen molar-refractivity contribution in [1.29, 1.82) is 0 Å². The molecule has 0 aromatic rings. The molecule has 3 heterocycles. The molecule has 0 bridgehead atoms. The number of nitrogens with two attached hydrogens (primary N) is 2. The van der Waals surface area contributed by atoms with Crippen LogP contribution in [0.15, 0.2) is 4.99 Å². The number of hydrogen-bond donors (Lipinski definition) is 8. The molecule has 0 amide bonds. The molecular formula is C9H18N6O8S. The summed E-state index contributed by atoms with van der Waals surface area (Å²) >= 11 is 0. The normalized spacial score (nSPS) is 42.3. The van der Waals surface area contributed by atoms with Crippen molar-refractivity contribution >= 4 is 16.4 Å². The monoisotopic (exact) mass is 370 g/mol. The molecular weight excluding hydrogens is 352 g/mol. The molecule has 5 atom stereocenters. The lowest BCUT2D eigenvalue weighted by Gasteiger charge is -2.54. The first-order valence-corrected chi connectivity index (χ1v) is 8.14. The zero-order valence-electron chi connectivity index (χ0n) is 12.1. The van der Waals surface area contributed by atoms with E-state index in [2.05, 4.69) is 14.5 Å². The second-order valence-electron chi connectivity index (χ2n) is 5.79. The van der Waals surface area contributed by atoms with E-state index in [-0.39, 0.29) is 5.96 Å². The van der Waals surface area contributed by atoms with E-state index in [0.29, 0.717) is 5.06 Å². The first-order chi connectivity index (χ1) is 11.0. The number of nitrogens with zero attached hydrogens (tertiary/aromatic N) is 3. The fourth-order valence-electron chi connectivity index (χ4n) is 3.60. The topological polar surface area (TPSA) is 227 Å². The van der Waals surface area contributed by atoms with Crippen molar-refractivity contribution < 1.29 is 37.7 Å². The van der Waals surface area contributed by atoms with Gasteiger partial charge in [0.1, 0.15) is 18.4 Å². The molecule has 3 rings (SSSR count). The fourth-order valence-corrected chi connectivity index (χ4v) is 4.08. The summed E-state index contributed by atoms with van der Waals surface area (Å²) in [6.07, 6.45) is -3.26. The average Bonchev–Trinajstić information content (AvgIpc) is 2.89. The van der Waals surface area contributed by atoms with Crippen LogP contribution >= 0.6 is 0 Å². The average molecular weight is 370 g/mol. The third-order valence-corrected chi connectivity index (χ3v) is 5.05. The minimum absolute atomic E-state index is 0.245. The molecule has 0 aromatic carbocycles. The van der Waals surface area contributed by atoms with Crippen LogP contribution < -0.4 is 16.8 Å². The number of guanidine groups is 1. The molecule has 138 valence electrons. The molecule has 1 spiro atoms. The predicted octanol–water partition coefficient (Wildman–Crippen LogP) is -5.54. The highest BCUT2D eigenvalue weighted by Gasteiger charge is 2.76. The van der Waals surface area contributed by atoms with Gasteiger partial charge in [-0.15, -0.1) is 0 Å². The summed E-state index contributed by atoms with van der Waals surface area (Å²) in [5, 5.41) is 43.9. The molecule has 24 heavy (non-hydrogen) atoms. The lowest BCUT2D eigenvalue weighted by molar-refractivity contribution is -0.312. The predicted molar refractivity (Wildman–Crippen MR) is 74.0 cm³/mol. The number of hydrogen-bond acceptors (Lipinski definition) is 13. The Hall–Kier alpha value is -1.14. The summed E-state index contributed by atoms with van der Waals surface area (Å²) in [4.78, 5) is 5.02. The second-order valence-corrected chi connectivity index (χ2v) is 6.83. The van der Waals surface area contributed by atoms with Crippen molar-refractivity contribution in [3.63, 3.8) is 0 Å². The molecule has 0 radical (unpaired) electrons. The lowest BCUT2D eigenvalue weighted by atomic mass is 9.85. The van der Waals surface area contributed by atoms with Crippen LogP contribution in [-0.2, 0) is 14.6 Å². The number of hydroxylamine groups is 2. The van der Waals surface area contributed by atoms with E-state index < -0.39 is 59.5 Å². The number of aliphatic hydroxyl groups is 3. The van der Waals surface area contributed by atoms with Gasteiger partial charge in [0.05, 0.1) is 12.6 Å². The Kier molecular flexibility index (Phi) is 3.81. The molecule has 14 nitrogen and oxygen atoms in total. The van der Waals surface area contributed by atoms with Crippen LogP contribution in [0, 0.1) is 0 Å². The Labute approximate surface area is 135 Å². The number of aliphatic hydroxyl groups excluding tert-OH is 1. The van der Waals surface area contributed by atoms with Crippen LogP contribution in [0.25, 0.3) is 0 Å². The van der Waals surface area contributed by atoms with Gasteiger partial charge in [0.15, 0.2) is 11.6 Å². The molecule has 10 N–H and O–H groups in total. The fraction of sp³-hybridized carbons (Fsp3) is 0.889. The van der Waals surface area contributed by atoms with Gasteiger partial charge in [0, 0.05) is 6.54 Å². The van der Waals surface area contributed by atoms with Crippen molar-refractivity contribution in [2.75, 3.05) is 13.2 Å². The molecule has 2 saturated heterocycles. The van der Waals surface area contributed by atoms with Gasteiger partial charge >= 0.3 is 10.4 Å². The Balaban J connectivity index is 2.11. The summed E-state index contributed by atoms with van der Waals surface area (Å²) in [6, 6.07) is -2.41. The van der Waals surface area contributed by atoms with Gasteiger partial charge in [-0.3, -0.25) is 4.55 Å². The highest BCUT2D eigenvalue weighted by Crippen LogP contribution is 2.47. The summed E-state index contributed by atoms with van der Waals surface area (Å²) in [7, 11) is -5.03. The first-order valence-electron chi connectivity index (χ1n) is 6.78.